The zero-order valence-corrected chi connectivity index (χ0v) is 20.1. The third-order valence-corrected chi connectivity index (χ3v) is 4.90. The highest BCUT2D eigenvalue weighted by Crippen LogP contribution is 2.20. The topological polar surface area (TPSA) is 75.2 Å². The maximum atomic E-state index is 11.6. The maximum absolute atomic E-state index is 11.6. The van der Waals surface area contributed by atoms with Gasteiger partial charge in [0.05, 0.1) is 26.9 Å². The molecule has 1 aliphatic heterocycles. The fourth-order valence-corrected chi connectivity index (χ4v) is 3.31. The van der Waals surface area contributed by atoms with Crippen LogP contribution >= 0.6 is 24.0 Å². The molecule has 0 unspecified atom stereocenters. The predicted octanol–water partition coefficient (Wildman–Crippen LogP) is 2.64. The second-order valence-corrected chi connectivity index (χ2v) is 6.95. The number of nitrogens with zero attached hydrogens (tertiary/aromatic N) is 2. The number of likely N-dealkylation sites (tertiary alicyclic amines) is 1. The van der Waals surface area contributed by atoms with E-state index in [-0.39, 0.29) is 29.9 Å². The van der Waals surface area contributed by atoms with Crippen LogP contribution in [0.5, 0.6) is 5.75 Å². The van der Waals surface area contributed by atoms with Crippen molar-refractivity contribution < 1.29 is 14.3 Å². The summed E-state index contributed by atoms with van der Waals surface area (Å²) >= 11 is 0. The van der Waals surface area contributed by atoms with Gasteiger partial charge in [-0.2, -0.15) is 0 Å². The first-order valence-electron chi connectivity index (χ1n) is 10.1. The van der Waals surface area contributed by atoms with E-state index in [4.69, 9.17) is 14.5 Å². The second-order valence-electron chi connectivity index (χ2n) is 6.95. The number of carbonyl (C=O) groups excluding carboxylic acids is 1. The van der Waals surface area contributed by atoms with E-state index in [1.165, 1.54) is 0 Å². The molecule has 2 rings (SSSR count). The van der Waals surface area contributed by atoms with Crippen molar-refractivity contribution in [3.8, 4) is 5.75 Å². The number of guanidine groups is 1. The van der Waals surface area contributed by atoms with Crippen LogP contribution in [0.4, 0.5) is 0 Å². The van der Waals surface area contributed by atoms with Crippen molar-refractivity contribution >= 4 is 35.8 Å². The van der Waals surface area contributed by atoms with Gasteiger partial charge in [-0.1, -0.05) is 12.1 Å². The van der Waals surface area contributed by atoms with Gasteiger partial charge in [-0.25, -0.2) is 0 Å². The molecule has 2 N–H and O–H groups in total. The second kappa shape index (κ2) is 14.4. The SMILES string of the molecule is CCNC(=NCCOCc1cccc(OC)c1)N1CCC(CC(=O)NC)CC1.I. The molecule has 7 nitrogen and oxygen atoms in total. The van der Waals surface area contributed by atoms with E-state index in [1.807, 2.05) is 24.3 Å². The fourth-order valence-electron chi connectivity index (χ4n) is 3.31. The molecule has 1 fully saturated rings. The average Bonchev–Trinajstić information content (AvgIpc) is 2.73. The normalized spacial score (nSPS) is 14.9. The Kier molecular flexibility index (Phi) is 12.7. The monoisotopic (exact) mass is 518 g/mol. The van der Waals surface area contributed by atoms with Crippen LogP contribution < -0.4 is 15.4 Å². The molecule has 1 aromatic rings. The molecule has 29 heavy (non-hydrogen) atoms. The summed E-state index contributed by atoms with van der Waals surface area (Å²) in [6, 6.07) is 7.90. The van der Waals surface area contributed by atoms with Gasteiger partial charge in [-0.05, 0) is 43.4 Å². The number of hydrogen-bond donors (Lipinski definition) is 2. The first-order valence-corrected chi connectivity index (χ1v) is 10.1. The van der Waals surface area contributed by atoms with Crippen LogP contribution in [0.15, 0.2) is 29.3 Å². The first-order chi connectivity index (χ1) is 13.7. The number of rotatable bonds is 9. The Morgan fingerprint density at radius 3 is 2.72 bits per heavy atom. The Hall–Kier alpha value is -1.55. The summed E-state index contributed by atoms with van der Waals surface area (Å²) in [5.41, 5.74) is 1.09. The van der Waals surface area contributed by atoms with E-state index < -0.39 is 0 Å². The lowest BCUT2D eigenvalue weighted by atomic mass is 9.93. The molecule has 0 spiro atoms. The van der Waals surface area contributed by atoms with E-state index in [0.29, 0.717) is 32.1 Å². The molecule has 1 aliphatic rings. The Morgan fingerprint density at radius 1 is 1.31 bits per heavy atom. The Bertz CT molecular complexity index is 634. The van der Waals surface area contributed by atoms with Crippen LogP contribution in [0, 0.1) is 5.92 Å². The number of ether oxygens (including phenoxy) is 2. The number of methoxy groups -OCH3 is 1. The molecule has 0 aliphatic carbocycles. The number of carbonyl (C=O) groups is 1. The summed E-state index contributed by atoms with van der Waals surface area (Å²) in [5.74, 6) is 2.37. The van der Waals surface area contributed by atoms with Gasteiger partial charge in [0.15, 0.2) is 5.96 Å². The fraction of sp³-hybridized carbons (Fsp3) is 0.619. The van der Waals surface area contributed by atoms with Crippen molar-refractivity contribution in [2.75, 3.05) is 46.9 Å². The van der Waals surface area contributed by atoms with Gasteiger partial charge in [-0.3, -0.25) is 9.79 Å². The number of hydrogen-bond acceptors (Lipinski definition) is 4. The largest absolute Gasteiger partial charge is 0.497 e. The van der Waals surface area contributed by atoms with Gasteiger partial charge in [0.25, 0.3) is 0 Å². The van der Waals surface area contributed by atoms with Crippen molar-refractivity contribution in [3.63, 3.8) is 0 Å². The number of nitrogens with one attached hydrogen (secondary N) is 2. The summed E-state index contributed by atoms with van der Waals surface area (Å²) in [4.78, 5) is 18.5. The highest BCUT2D eigenvalue weighted by Gasteiger charge is 2.22. The quantitative estimate of drug-likeness (QED) is 0.228. The van der Waals surface area contributed by atoms with Crippen LogP contribution in [-0.2, 0) is 16.1 Å². The number of aliphatic imine (C=N–C) groups is 1. The number of halogens is 1. The smallest absolute Gasteiger partial charge is 0.220 e. The molecule has 0 saturated carbocycles. The van der Waals surface area contributed by atoms with Gasteiger partial charge in [0.2, 0.25) is 5.91 Å². The lowest BCUT2D eigenvalue weighted by Gasteiger charge is -2.34. The maximum Gasteiger partial charge on any atom is 0.220 e. The molecule has 1 amide bonds. The van der Waals surface area contributed by atoms with Gasteiger partial charge in [0, 0.05) is 33.1 Å². The molecule has 0 bridgehead atoms. The summed E-state index contributed by atoms with van der Waals surface area (Å²) in [7, 11) is 3.36. The Labute approximate surface area is 191 Å². The van der Waals surface area contributed by atoms with E-state index >= 15 is 0 Å². The molecule has 164 valence electrons. The Balaban J connectivity index is 0.00000420. The van der Waals surface area contributed by atoms with Crippen LogP contribution in [0.2, 0.25) is 0 Å². The standard InChI is InChI=1S/C21H34N4O3.HI/c1-4-23-21(25-11-8-17(9-12-25)15-20(26)22-2)24-10-13-28-16-18-6-5-7-19(14-18)27-3;/h5-7,14,17H,4,8-13,15-16H2,1-3H3,(H,22,26)(H,23,24);1H. The van der Waals surface area contributed by atoms with E-state index in [0.717, 1.165) is 49.7 Å². The molecule has 0 atom stereocenters. The summed E-state index contributed by atoms with van der Waals surface area (Å²) < 4.78 is 11.0. The highest BCUT2D eigenvalue weighted by molar-refractivity contribution is 14.0. The molecule has 1 aromatic carbocycles. The molecular weight excluding hydrogens is 483 g/mol. The zero-order valence-electron chi connectivity index (χ0n) is 17.8. The molecule has 0 radical (unpaired) electrons. The number of amides is 1. The summed E-state index contributed by atoms with van der Waals surface area (Å²) in [6.07, 6.45) is 2.66. The molecule has 1 saturated heterocycles. The minimum absolute atomic E-state index is 0. The average molecular weight is 518 g/mol. The van der Waals surface area contributed by atoms with Gasteiger partial charge in [-0.15, -0.1) is 24.0 Å². The van der Waals surface area contributed by atoms with E-state index in [2.05, 4.69) is 22.5 Å². The third kappa shape index (κ3) is 9.20. The van der Waals surface area contributed by atoms with Crippen molar-refractivity contribution in [1.29, 1.82) is 0 Å². The van der Waals surface area contributed by atoms with Crippen LogP contribution in [-0.4, -0.2) is 63.7 Å². The van der Waals surface area contributed by atoms with Gasteiger partial charge >= 0.3 is 0 Å². The molecular formula is C21H35IN4O3. The minimum Gasteiger partial charge on any atom is -0.497 e. The minimum atomic E-state index is 0. The number of piperidine rings is 1. The van der Waals surface area contributed by atoms with E-state index in [9.17, 15) is 4.79 Å². The highest BCUT2D eigenvalue weighted by atomic mass is 127. The van der Waals surface area contributed by atoms with Crippen molar-refractivity contribution in [2.45, 2.75) is 32.8 Å². The zero-order chi connectivity index (χ0) is 20.2. The predicted molar refractivity (Wildman–Crippen MR) is 127 cm³/mol. The van der Waals surface area contributed by atoms with Crippen molar-refractivity contribution in [1.82, 2.24) is 15.5 Å². The Morgan fingerprint density at radius 2 is 2.07 bits per heavy atom. The van der Waals surface area contributed by atoms with Crippen LogP contribution in [0.25, 0.3) is 0 Å². The lowest BCUT2D eigenvalue weighted by Crippen LogP contribution is -2.46. The van der Waals surface area contributed by atoms with E-state index in [1.54, 1.807) is 14.2 Å². The lowest BCUT2D eigenvalue weighted by molar-refractivity contribution is -0.121. The first kappa shape index (κ1) is 25.5. The van der Waals surface area contributed by atoms with Crippen LogP contribution in [0.1, 0.15) is 31.7 Å². The summed E-state index contributed by atoms with van der Waals surface area (Å²) in [5, 5.41) is 6.08. The van der Waals surface area contributed by atoms with Crippen LogP contribution in [0.3, 0.4) is 0 Å². The number of benzene rings is 1. The molecule has 8 heteroatoms. The third-order valence-electron chi connectivity index (χ3n) is 4.90. The summed E-state index contributed by atoms with van der Waals surface area (Å²) in [6.45, 7) is 6.50. The van der Waals surface area contributed by atoms with Crippen molar-refractivity contribution in [2.24, 2.45) is 10.9 Å². The van der Waals surface area contributed by atoms with Crippen molar-refractivity contribution in [3.05, 3.63) is 29.8 Å². The molecule has 1 heterocycles. The van der Waals surface area contributed by atoms with Gasteiger partial charge in [0.1, 0.15) is 5.75 Å². The van der Waals surface area contributed by atoms with Gasteiger partial charge < -0.3 is 25.0 Å². The molecule has 0 aromatic heterocycles.